The molecular formula is C22H29N5O. The SMILES string of the molecule is Cc1cccc(N2CCN(c3nccc(C(=O)NC4CCCCC4)n3)CC2)c1. The quantitative estimate of drug-likeness (QED) is 0.884. The molecule has 0 unspecified atom stereocenters. The van der Waals surface area contributed by atoms with E-state index in [9.17, 15) is 4.79 Å². The minimum Gasteiger partial charge on any atom is -0.368 e. The molecule has 1 saturated carbocycles. The van der Waals surface area contributed by atoms with Crippen LogP contribution in [0, 0.1) is 6.92 Å². The van der Waals surface area contributed by atoms with Gasteiger partial charge in [0.25, 0.3) is 5.91 Å². The normalized spacial score (nSPS) is 18.2. The molecule has 1 aliphatic heterocycles. The van der Waals surface area contributed by atoms with Crippen molar-refractivity contribution in [3.63, 3.8) is 0 Å². The lowest BCUT2D eigenvalue weighted by Crippen LogP contribution is -2.47. The van der Waals surface area contributed by atoms with Crippen LogP contribution in [-0.4, -0.2) is 48.1 Å². The maximum Gasteiger partial charge on any atom is 0.270 e. The van der Waals surface area contributed by atoms with E-state index in [1.807, 2.05) is 0 Å². The number of hydrogen-bond acceptors (Lipinski definition) is 5. The van der Waals surface area contributed by atoms with E-state index in [1.54, 1.807) is 12.3 Å². The third-order valence-corrected chi connectivity index (χ3v) is 5.75. The Hall–Kier alpha value is -2.63. The predicted molar refractivity (Wildman–Crippen MR) is 112 cm³/mol. The molecule has 2 aromatic rings. The number of benzene rings is 1. The fourth-order valence-corrected chi connectivity index (χ4v) is 4.12. The van der Waals surface area contributed by atoms with E-state index in [0.717, 1.165) is 39.0 Å². The number of piperazine rings is 1. The summed E-state index contributed by atoms with van der Waals surface area (Å²) in [7, 11) is 0. The van der Waals surface area contributed by atoms with E-state index in [2.05, 4.69) is 56.3 Å². The van der Waals surface area contributed by atoms with Crippen LogP contribution in [0.5, 0.6) is 0 Å². The third-order valence-electron chi connectivity index (χ3n) is 5.75. The van der Waals surface area contributed by atoms with Crippen LogP contribution in [0.3, 0.4) is 0 Å². The number of carbonyl (C=O) groups excluding carboxylic acids is 1. The summed E-state index contributed by atoms with van der Waals surface area (Å²) in [6, 6.07) is 10.6. The predicted octanol–water partition coefficient (Wildman–Crippen LogP) is 3.17. The number of rotatable bonds is 4. The van der Waals surface area contributed by atoms with Gasteiger partial charge in [-0.15, -0.1) is 0 Å². The molecule has 2 heterocycles. The number of anilines is 2. The minimum atomic E-state index is -0.0750. The number of nitrogens with one attached hydrogen (secondary N) is 1. The Bertz CT molecular complexity index is 810. The number of carbonyl (C=O) groups is 1. The number of amides is 1. The van der Waals surface area contributed by atoms with E-state index >= 15 is 0 Å². The number of aromatic nitrogens is 2. The van der Waals surface area contributed by atoms with Crippen LogP contribution in [0.4, 0.5) is 11.6 Å². The third kappa shape index (κ3) is 4.43. The Labute approximate surface area is 167 Å². The average molecular weight is 380 g/mol. The van der Waals surface area contributed by atoms with Gasteiger partial charge in [-0.2, -0.15) is 0 Å². The molecule has 0 atom stereocenters. The van der Waals surface area contributed by atoms with Gasteiger partial charge in [0.2, 0.25) is 5.95 Å². The van der Waals surface area contributed by atoms with Crippen molar-refractivity contribution in [2.45, 2.75) is 45.1 Å². The molecule has 28 heavy (non-hydrogen) atoms. The van der Waals surface area contributed by atoms with E-state index in [4.69, 9.17) is 0 Å². The monoisotopic (exact) mass is 379 g/mol. The first-order valence-electron chi connectivity index (χ1n) is 10.4. The molecule has 6 heteroatoms. The molecule has 1 N–H and O–H groups in total. The highest BCUT2D eigenvalue weighted by Gasteiger charge is 2.22. The highest BCUT2D eigenvalue weighted by molar-refractivity contribution is 5.92. The van der Waals surface area contributed by atoms with Gasteiger partial charge in [-0.3, -0.25) is 4.79 Å². The largest absolute Gasteiger partial charge is 0.368 e. The maximum absolute atomic E-state index is 12.6. The van der Waals surface area contributed by atoms with Gasteiger partial charge in [0.05, 0.1) is 0 Å². The van der Waals surface area contributed by atoms with Crippen LogP contribution in [0.15, 0.2) is 36.5 Å². The van der Waals surface area contributed by atoms with Gasteiger partial charge in [0, 0.05) is 44.1 Å². The van der Waals surface area contributed by atoms with Gasteiger partial charge in [0.1, 0.15) is 5.69 Å². The van der Waals surface area contributed by atoms with E-state index in [-0.39, 0.29) is 11.9 Å². The second kappa shape index (κ2) is 8.59. The first-order chi connectivity index (χ1) is 13.7. The molecule has 4 rings (SSSR count). The molecule has 1 aromatic carbocycles. The summed E-state index contributed by atoms with van der Waals surface area (Å²) in [6.07, 6.45) is 7.52. The molecule has 1 aromatic heterocycles. The molecule has 1 aliphatic carbocycles. The lowest BCUT2D eigenvalue weighted by Gasteiger charge is -2.36. The molecular weight excluding hydrogens is 350 g/mol. The second-order valence-electron chi connectivity index (χ2n) is 7.86. The zero-order valence-corrected chi connectivity index (χ0v) is 16.6. The Balaban J connectivity index is 1.37. The van der Waals surface area contributed by atoms with E-state index in [0.29, 0.717) is 11.6 Å². The molecule has 2 fully saturated rings. The Kier molecular flexibility index (Phi) is 5.74. The molecule has 2 aliphatic rings. The van der Waals surface area contributed by atoms with Gasteiger partial charge >= 0.3 is 0 Å². The first kappa shape index (κ1) is 18.7. The van der Waals surface area contributed by atoms with Crippen LogP contribution >= 0.6 is 0 Å². The topological polar surface area (TPSA) is 61.4 Å². The van der Waals surface area contributed by atoms with Crippen LogP contribution in [-0.2, 0) is 0 Å². The maximum atomic E-state index is 12.6. The Morgan fingerprint density at radius 2 is 1.79 bits per heavy atom. The van der Waals surface area contributed by atoms with Crippen molar-refractivity contribution >= 4 is 17.5 Å². The Morgan fingerprint density at radius 1 is 1.04 bits per heavy atom. The van der Waals surface area contributed by atoms with Crippen LogP contribution in [0.1, 0.15) is 48.2 Å². The van der Waals surface area contributed by atoms with Crippen molar-refractivity contribution in [3.8, 4) is 0 Å². The average Bonchev–Trinajstić information content (AvgIpc) is 2.75. The summed E-state index contributed by atoms with van der Waals surface area (Å²) in [6.45, 7) is 5.66. The van der Waals surface area contributed by atoms with Crippen molar-refractivity contribution in [2.75, 3.05) is 36.0 Å². The molecule has 0 radical (unpaired) electrons. The van der Waals surface area contributed by atoms with Crippen molar-refractivity contribution < 1.29 is 4.79 Å². The lowest BCUT2D eigenvalue weighted by molar-refractivity contribution is 0.0922. The van der Waals surface area contributed by atoms with Gasteiger partial charge in [-0.25, -0.2) is 9.97 Å². The van der Waals surface area contributed by atoms with Gasteiger partial charge < -0.3 is 15.1 Å². The van der Waals surface area contributed by atoms with Crippen molar-refractivity contribution in [3.05, 3.63) is 47.8 Å². The van der Waals surface area contributed by atoms with Crippen molar-refractivity contribution in [2.24, 2.45) is 0 Å². The summed E-state index contributed by atoms with van der Waals surface area (Å²) in [5, 5.41) is 3.14. The number of aryl methyl sites for hydroxylation is 1. The van der Waals surface area contributed by atoms with Crippen LogP contribution < -0.4 is 15.1 Å². The highest BCUT2D eigenvalue weighted by atomic mass is 16.1. The fraction of sp³-hybridized carbons (Fsp3) is 0.500. The van der Waals surface area contributed by atoms with E-state index in [1.165, 1.54) is 30.5 Å². The number of nitrogens with zero attached hydrogens (tertiary/aromatic N) is 4. The highest BCUT2D eigenvalue weighted by Crippen LogP contribution is 2.20. The smallest absolute Gasteiger partial charge is 0.270 e. The van der Waals surface area contributed by atoms with E-state index < -0.39 is 0 Å². The zero-order chi connectivity index (χ0) is 19.3. The van der Waals surface area contributed by atoms with Crippen molar-refractivity contribution in [1.82, 2.24) is 15.3 Å². The Morgan fingerprint density at radius 3 is 2.54 bits per heavy atom. The summed E-state index contributed by atoms with van der Waals surface area (Å²) in [4.78, 5) is 26.1. The van der Waals surface area contributed by atoms with Gasteiger partial charge in [-0.1, -0.05) is 31.4 Å². The summed E-state index contributed by atoms with van der Waals surface area (Å²) in [5.74, 6) is 0.578. The molecule has 1 saturated heterocycles. The van der Waals surface area contributed by atoms with Crippen molar-refractivity contribution in [1.29, 1.82) is 0 Å². The standard InChI is InChI=1S/C22H29N5O/c1-17-6-5-9-19(16-17)26-12-14-27(15-13-26)22-23-11-10-20(25-22)21(28)24-18-7-3-2-4-8-18/h5-6,9-11,16,18H,2-4,7-8,12-15H2,1H3,(H,24,28). The number of hydrogen-bond donors (Lipinski definition) is 1. The zero-order valence-electron chi connectivity index (χ0n) is 16.6. The lowest BCUT2D eigenvalue weighted by atomic mass is 9.95. The van der Waals surface area contributed by atoms with Gasteiger partial charge in [-0.05, 0) is 43.5 Å². The molecule has 0 bridgehead atoms. The molecule has 6 nitrogen and oxygen atoms in total. The molecule has 148 valence electrons. The fourth-order valence-electron chi connectivity index (χ4n) is 4.12. The molecule has 1 amide bonds. The second-order valence-corrected chi connectivity index (χ2v) is 7.86. The van der Waals surface area contributed by atoms with Crippen LogP contribution in [0.2, 0.25) is 0 Å². The summed E-state index contributed by atoms with van der Waals surface area (Å²) >= 11 is 0. The molecule has 0 spiro atoms. The van der Waals surface area contributed by atoms with Gasteiger partial charge in [0.15, 0.2) is 0 Å². The van der Waals surface area contributed by atoms with Crippen LogP contribution in [0.25, 0.3) is 0 Å². The summed E-state index contributed by atoms with van der Waals surface area (Å²) < 4.78 is 0. The minimum absolute atomic E-state index is 0.0750. The first-order valence-corrected chi connectivity index (χ1v) is 10.4. The summed E-state index contributed by atoms with van der Waals surface area (Å²) in [5.41, 5.74) is 3.01.